The Morgan fingerprint density at radius 3 is 2.89 bits per heavy atom. The summed E-state index contributed by atoms with van der Waals surface area (Å²) >= 11 is 0. The Kier molecular flexibility index (Phi) is 7.28. The first-order chi connectivity index (χ1) is 9.17. The summed E-state index contributed by atoms with van der Waals surface area (Å²) in [6.07, 6.45) is 0.230. The van der Waals surface area contributed by atoms with Crippen LogP contribution in [0.2, 0.25) is 0 Å². The molecular weight excluding hydrogens is 252 g/mol. The Morgan fingerprint density at radius 1 is 1.47 bits per heavy atom. The Hall–Kier alpha value is -1.27. The molecule has 0 radical (unpaired) electrons. The molecule has 1 rings (SSSR count). The van der Waals surface area contributed by atoms with Crippen molar-refractivity contribution in [2.75, 3.05) is 31.6 Å². The summed E-state index contributed by atoms with van der Waals surface area (Å²) in [6, 6.07) is 3.65. The molecule has 6 heteroatoms. The minimum absolute atomic E-state index is 0.134. The summed E-state index contributed by atoms with van der Waals surface area (Å²) in [5.74, 6) is 0.724. The number of nitrogens with one attached hydrogen (secondary N) is 1. The molecule has 0 unspecified atom stereocenters. The van der Waals surface area contributed by atoms with E-state index in [1.807, 2.05) is 13.0 Å². The lowest BCUT2D eigenvalue weighted by Crippen LogP contribution is -2.31. The molecule has 0 saturated carbocycles. The van der Waals surface area contributed by atoms with Crippen molar-refractivity contribution in [1.29, 1.82) is 0 Å². The van der Waals surface area contributed by atoms with Gasteiger partial charge in [-0.3, -0.25) is 4.90 Å². The third-order valence-corrected chi connectivity index (χ3v) is 2.64. The van der Waals surface area contributed by atoms with E-state index in [-0.39, 0.29) is 19.7 Å². The van der Waals surface area contributed by atoms with Gasteiger partial charge in [-0.15, -0.1) is 0 Å². The third kappa shape index (κ3) is 5.94. The second-order valence-electron chi connectivity index (χ2n) is 4.29. The number of alkyl halides is 2. The minimum atomic E-state index is -2.41. The molecule has 108 valence electrons. The van der Waals surface area contributed by atoms with E-state index in [4.69, 9.17) is 5.11 Å². The van der Waals surface area contributed by atoms with Crippen LogP contribution in [0.4, 0.5) is 14.6 Å². The molecule has 4 nitrogen and oxygen atoms in total. The van der Waals surface area contributed by atoms with E-state index < -0.39 is 6.43 Å². The molecule has 2 N–H and O–H groups in total. The van der Waals surface area contributed by atoms with Crippen LogP contribution in [0.5, 0.6) is 0 Å². The summed E-state index contributed by atoms with van der Waals surface area (Å²) in [5, 5.41) is 12.1. The number of aromatic nitrogens is 1. The largest absolute Gasteiger partial charge is 0.395 e. The maximum Gasteiger partial charge on any atom is 0.251 e. The lowest BCUT2D eigenvalue weighted by molar-refractivity contribution is 0.0747. The number of hydrogen-bond acceptors (Lipinski definition) is 4. The molecule has 0 aliphatic heterocycles. The number of anilines is 1. The van der Waals surface area contributed by atoms with Gasteiger partial charge in [0.15, 0.2) is 0 Å². The smallest absolute Gasteiger partial charge is 0.251 e. The van der Waals surface area contributed by atoms with Crippen molar-refractivity contribution in [3.05, 3.63) is 23.9 Å². The van der Waals surface area contributed by atoms with E-state index in [0.29, 0.717) is 6.54 Å². The maximum absolute atomic E-state index is 12.5. The van der Waals surface area contributed by atoms with Crippen molar-refractivity contribution in [2.24, 2.45) is 0 Å². The average molecular weight is 273 g/mol. The van der Waals surface area contributed by atoms with Gasteiger partial charge in [0.2, 0.25) is 0 Å². The Morgan fingerprint density at radius 2 is 2.26 bits per heavy atom. The second-order valence-corrected chi connectivity index (χ2v) is 4.29. The van der Waals surface area contributed by atoms with Crippen molar-refractivity contribution in [3.8, 4) is 0 Å². The van der Waals surface area contributed by atoms with E-state index >= 15 is 0 Å². The molecule has 0 fully saturated rings. The van der Waals surface area contributed by atoms with Crippen LogP contribution in [0.1, 0.15) is 18.9 Å². The molecule has 0 aliphatic rings. The van der Waals surface area contributed by atoms with Gasteiger partial charge in [0.1, 0.15) is 5.82 Å². The third-order valence-electron chi connectivity index (χ3n) is 2.64. The van der Waals surface area contributed by atoms with Crippen LogP contribution in [0.15, 0.2) is 18.3 Å². The second kappa shape index (κ2) is 8.77. The molecule has 1 heterocycles. The summed E-state index contributed by atoms with van der Waals surface area (Å²) in [4.78, 5) is 5.75. The lowest BCUT2D eigenvalue weighted by Gasteiger charge is -2.22. The van der Waals surface area contributed by atoms with Crippen LogP contribution >= 0.6 is 0 Å². The SMILES string of the molecule is CCCNc1ncccc1CN(CCO)CC(F)F. The van der Waals surface area contributed by atoms with Gasteiger partial charge in [0, 0.05) is 31.4 Å². The van der Waals surface area contributed by atoms with Crippen LogP contribution in [-0.2, 0) is 6.54 Å². The number of halogens is 2. The number of nitrogens with zero attached hydrogens (tertiary/aromatic N) is 2. The molecule has 1 aromatic rings. The van der Waals surface area contributed by atoms with Gasteiger partial charge in [-0.05, 0) is 12.5 Å². The topological polar surface area (TPSA) is 48.4 Å². The fourth-order valence-electron chi connectivity index (χ4n) is 1.78. The molecule has 0 aliphatic carbocycles. The first-order valence-corrected chi connectivity index (χ1v) is 6.46. The molecule has 1 aromatic heterocycles. The normalized spacial score (nSPS) is 11.3. The molecule has 0 spiro atoms. The zero-order chi connectivity index (χ0) is 14.1. The van der Waals surface area contributed by atoms with Crippen molar-refractivity contribution in [3.63, 3.8) is 0 Å². The monoisotopic (exact) mass is 273 g/mol. The predicted molar refractivity (Wildman–Crippen MR) is 71.4 cm³/mol. The van der Waals surface area contributed by atoms with Gasteiger partial charge in [0.25, 0.3) is 6.43 Å². The van der Waals surface area contributed by atoms with Crippen molar-refractivity contribution in [2.45, 2.75) is 26.3 Å². The molecule has 19 heavy (non-hydrogen) atoms. The Bertz CT molecular complexity index is 363. The van der Waals surface area contributed by atoms with Crippen LogP contribution in [-0.4, -0.2) is 47.7 Å². The molecule has 0 saturated heterocycles. The Labute approximate surface area is 112 Å². The van der Waals surface area contributed by atoms with Crippen molar-refractivity contribution < 1.29 is 13.9 Å². The van der Waals surface area contributed by atoms with Crippen molar-refractivity contribution >= 4 is 5.82 Å². The van der Waals surface area contributed by atoms with Gasteiger partial charge in [-0.2, -0.15) is 0 Å². The van der Waals surface area contributed by atoms with Crippen LogP contribution < -0.4 is 5.32 Å². The van der Waals surface area contributed by atoms with E-state index in [1.165, 1.54) is 4.90 Å². The van der Waals surface area contributed by atoms with E-state index in [9.17, 15) is 8.78 Å². The van der Waals surface area contributed by atoms with Crippen LogP contribution in [0.3, 0.4) is 0 Å². The zero-order valence-corrected chi connectivity index (χ0v) is 11.1. The quantitative estimate of drug-likeness (QED) is 0.722. The maximum atomic E-state index is 12.5. The first-order valence-electron chi connectivity index (χ1n) is 6.46. The number of pyridine rings is 1. The number of aliphatic hydroxyl groups is 1. The van der Waals surface area contributed by atoms with Gasteiger partial charge in [-0.1, -0.05) is 13.0 Å². The highest BCUT2D eigenvalue weighted by molar-refractivity contribution is 5.43. The number of aliphatic hydroxyl groups excluding tert-OH is 1. The number of rotatable bonds is 9. The molecule has 0 aromatic carbocycles. The lowest BCUT2D eigenvalue weighted by atomic mass is 10.2. The van der Waals surface area contributed by atoms with E-state index in [0.717, 1.165) is 24.3 Å². The Balaban J connectivity index is 2.71. The summed E-state index contributed by atoms with van der Waals surface area (Å²) < 4.78 is 24.9. The fraction of sp³-hybridized carbons (Fsp3) is 0.615. The van der Waals surface area contributed by atoms with E-state index in [1.54, 1.807) is 12.3 Å². The summed E-state index contributed by atoms with van der Waals surface area (Å²) in [6.45, 7) is 2.94. The minimum Gasteiger partial charge on any atom is -0.395 e. The molecule has 0 amide bonds. The molecular formula is C13H21F2N3O. The fourth-order valence-corrected chi connectivity index (χ4v) is 1.78. The molecule has 0 bridgehead atoms. The standard InChI is InChI=1S/C13H21F2N3O/c1-2-5-16-13-11(4-3-6-17-13)9-18(7-8-19)10-12(14)15/h3-4,6,12,19H,2,5,7-10H2,1H3,(H,16,17). The average Bonchev–Trinajstić information content (AvgIpc) is 2.37. The first kappa shape index (κ1) is 15.8. The highest BCUT2D eigenvalue weighted by Crippen LogP contribution is 2.15. The highest BCUT2D eigenvalue weighted by Gasteiger charge is 2.14. The highest BCUT2D eigenvalue weighted by atomic mass is 19.3. The van der Waals surface area contributed by atoms with Gasteiger partial charge < -0.3 is 10.4 Å². The van der Waals surface area contributed by atoms with Gasteiger partial charge in [-0.25, -0.2) is 13.8 Å². The summed E-state index contributed by atoms with van der Waals surface area (Å²) in [5.41, 5.74) is 0.866. The van der Waals surface area contributed by atoms with Gasteiger partial charge >= 0.3 is 0 Å². The summed E-state index contributed by atoms with van der Waals surface area (Å²) in [7, 11) is 0. The number of hydrogen-bond donors (Lipinski definition) is 2. The van der Waals surface area contributed by atoms with Crippen LogP contribution in [0, 0.1) is 0 Å². The molecule has 0 atom stereocenters. The van der Waals surface area contributed by atoms with Crippen molar-refractivity contribution in [1.82, 2.24) is 9.88 Å². The van der Waals surface area contributed by atoms with Crippen LogP contribution in [0.25, 0.3) is 0 Å². The zero-order valence-electron chi connectivity index (χ0n) is 11.1. The van der Waals surface area contributed by atoms with Gasteiger partial charge in [0.05, 0.1) is 13.2 Å². The van der Waals surface area contributed by atoms with E-state index in [2.05, 4.69) is 10.3 Å². The predicted octanol–water partition coefficient (Wildman–Crippen LogP) is 1.96.